The number of rotatable bonds is 3. The molecular formula is C18H18N2O3. The van der Waals surface area contributed by atoms with Crippen LogP contribution < -0.4 is 4.74 Å². The first-order valence-corrected chi connectivity index (χ1v) is 7.40. The number of carbonyl (C=O) groups is 1. The Bertz CT molecular complexity index is 756. The Kier molecular flexibility index (Phi) is 4.02. The molecule has 1 heterocycles. The summed E-state index contributed by atoms with van der Waals surface area (Å²) < 4.78 is 5.16. The molecule has 0 saturated carbocycles. The molecule has 5 nitrogen and oxygen atoms in total. The number of carbonyl (C=O) groups excluding carboxylic acids is 1. The standard InChI is InChI=1S/C18H18N2O3/c1-12(21)20-16(14-9-6-10-17(23-2)18(14)22)11-15(19-20)13-7-4-3-5-8-13/h3-10,16,22H,11H2,1-2H3/t16-/m1/s1. The van der Waals surface area contributed by atoms with E-state index in [-0.39, 0.29) is 17.7 Å². The monoisotopic (exact) mass is 310 g/mol. The molecule has 0 radical (unpaired) electrons. The molecule has 1 N–H and O–H groups in total. The van der Waals surface area contributed by atoms with Gasteiger partial charge >= 0.3 is 0 Å². The summed E-state index contributed by atoms with van der Waals surface area (Å²) in [5.74, 6) is 0.276. The van der Waals surface area contributed by atoms with Gasteiger partial charge in [-0.25, -0.2) is 5.01 Å². The zero-order chi connectivity index (χ0) is 16.4. The van der Waals surface area contributed by atoms with E-state index in [1.807, 2.05) is 30.3 Å². The summed E-state index contributed by atoms with van der Waals surface area (Å²) in [5, 5.41) is 16.3. The third kappa shape index (κ3) is 2.77. The molecule has 0 fully saturated rings. The van der Waals surface area contributed by atoms with Crippen LogP contribution in [-0.4, -0.2) is 28.8 Å². The summed E-state index contributed by atoms with van der Waals surface area (Å²) in [6.07, 6.45) is 0.546. The van der Waals surface area contributed by atoms with Crippen LogP contribution in [0.5, 0.6) is 11.5 Å². The molecule has 0 unspecified atom stereocenters. The number of para-hydroxylation sites is 1. The topological polar surface area (TPSA) is 62.1 Å². The fraction of sp³-hybridized carbons (Fsp3) is 0.222. The maximum Gasteiger partial charge on any atom is 0.240 e. The van der Waals surface area contributed by atoms with E-state index < -0.39 is 0 Å². The molecule has 2 aromatic rings. The minimum absolute atomic E-state index is 0.0516. The Labute approximate surface area is 134 Å². The third-order valence-electron chi connectivity index (χ3n) is 3.95. The van der Waals surface area contributed by atoms with Gasteiger partial charge in [0, 0.05) is 18.9 Å². The Morgan fingerprint density at radius 1 is 1.22 bits per heavy atom. The Morgan fingerprint density at radius 3 is 2.61 bits per heavy atom. The maximum atomic E-state index is 12.0. The van der Waals surface area contributed by atoms with E-state index in [1.165, 1.54) is 19.0 Å². The molecule has 0 saturated heterocycles. The lowest BCUT2D eigenvalue weighted by Crippen LogP contribution is -2.24. The lowest BCUT2D eigenvalue weighted by Gasteiger charge is -2.22. The molecule has 3 rings (SSSR count). The molecule has 1 amide bonds. The summed E-state index contributed by atoms with van der Waals surface area (Å²) in [6, 6.07) is 14.7. The average Bonchev–Trinajstić information content (AvgIpc) is 3.01. The lowest BCUT2D eigenvalue weighted by atomic mass is 9.97. The Balaban J connectivity index is 1.99. The largest absolute Gasteiger partial charge is 0.504 e. The van der Waals surface area contributed by atoms with Crippen molar-refractivity contribution < 1.29 is 14.6 Å². The van der Waals surface area contributed by atoms with Gasteiger partial charge in [0.1, 0.15) is 0 Å². The van der Waals surface area contributed by atoms with E-state index in [1.54, 1.807) is 18.2 Å². The summed E-state index contributed by atoms with van der Waals surface area (Å²) in [5.41, 5.74) is 2.44. The maximum absolute atomic E-state index is 12.0. The number of nitrogens with zero attached hydrogens (tertiary/aromatic N) is 2. The molecule has 118 valence electrons. The quantitative estimate of drug-likeness (QED) is 0.947. The normalized spacial score (nSPS) is 17.0. The molecule has 1 aliphatic rings. The highest BCUT2D eigenvalue weighted by Gasteiger charge is 2.33. The summed E-state index contributed by atoms with van der Waals surface area (Å²) in [4.78, 5) is 12.0. The van der Waals surface area contributed by atoms with Gasteiger partial charge in [-0.2, -0.15) is 5.10 Å². The zero-order valence-corrected chi connectivity index (χ0v) is 13.1. The SMILES string of the molecule is COc1cccc([C@H]2CC(c3ccccc3)=NN2C(C)=O)c1O. The van der Waals surface area contributed by atoms with Gasteiger partial charge in [-0.15, -0.1) is 0 Å². The van der Waals surface area contributed by atoms with E-state index >= 15 is 0 Å². The van der Waals surface area contributed by atoms with E-state index in [9.17, 15) is 9.90 Å². The van der Waals surface area contributed by atoms with Gasteiger partial charge in [0.2, 0.25) is 5.91 Å². The van der Waals surface area contributed by atoms with E-state index in [4.69, 9.17) is 4.74 Å². The van der Waals surface area contributed by atoms with Crippen molar-refractivity contribution in [3.63, 3.8) is 0 Å². The number of ether oxygens (including phenoxy) is 1. The van der Waals surface area contributed by atoms with Crippen molar-refractivity contribution in [3.8, 4) is 11.5 Å². The molecule has 0 spiro atoms. The molecule has 0 aromatic heterocycles. The number of methoxy groups -OCH3 is 1. The molecule has 5 heteroatoms. The summed E-state index contributed by atoms with van der Waals surface area (Å²) in [6.45, 7) is 1.47. The molecular weight excluding hydrogens is 292 g/mol. The van der Waals surface area contributed by atoms with Gasteiger partial charge in [0.15, 0.2) is 11.5 Å². The predicted molar refractivity (Wildman–Crippen MR) is 87.5 cm³/mol. The molecule has 0 bridgehead atoms. The zero-order valence-electron chi connectivity index (χ0n) is 13.1. The van der Waals surface area contributed by atoms with Crippen molar-refractivity contribution >= 4 is 11.6 Å². The Hall–Kier alpha value is -2.82. The van der Waals surface area contributed by atoms with Gasteiger partial charge in [-0.05, 0) is 11.6 Å². The first kappa shape index (κ1) is 15.1. The third-order valence-corrected chi connectivity index (χ3v) is 3.95. The van der Waals surface area contributed by atoms with Crippen molar-refractivity contribution in [2.45, 2.75) is 19.4 Å². The highest BCUT2D eigenvalue weighted by atomic mass is 16.5. The molecule has 23 heavy (non-hydrogen) atoms. The number of aromatic hydroxyl groups is 1. The number of phenols is 1. The smallest absolute Gasteiger partial charge is 0.240 e. The van der Waals surface area contributed by atoms with Crippen LogP contribution in [0.1, 0.15) is 30.5 Å². The van der Waals surface area contributed by atoms with E-state index in [2.05, 4.69) is 5.10 Å². The second-order valence-corrected chi connectivity index (χ2v) is 5.39. The number of hydrazone groups is 1. The van der Waals surface area contributed by atoms with Crippen LogP contribution in [0, 0.1) is 0 Å². The van der Waals surface area contributed by atoms with Gasteiger partial charge in [0.05, 0.1) is 18.9 Å². The van der Waals surface area contributed by atoms with E-state index in [0.717, 1.165) is 11.3 Å². The van der Waals surface area contributed by atoms with Crippen LogP contribution in [0.15, 0.2) is 53.6 Å². The second-order valence-electron chi connectivity index (χ2n) is 5.39. The number of benzene rings is 2. The van der Waals surface area contributed by atoms with Crippen LogP contribution in [0.2, 0.25) is 0 Å². The fourth-order valence-electron chi connectivity index (χ4n) is 2.82. The number of hydrogen-bond donors (Lipinski definition) is 1. The summed E-state index contributed by atoms with van der Waals surface area (Å²) in [7, 11) is 1.50. The van der Waals surface area contributed by atoms with Crippen LogP contribution in [0.25, 0.3) is 0 Å². The first-order valence-electron chi connectivity index (χ1n) is 7.40. The predicted octanol–water partition coefficient (Wildman–Crippen LogP) is 3.10. The van der Waals surface area contributed by atoms with Crippen LogP contribution >= 0.6 is 0 Å². The van der Waals surface area contributed by atoms with Crippen LogP contribution in [0.4, 0.5) is 0 Å². The van der Waals surface area contributed by atoms with Crippen LogP contribution in [0.3, 0.4) is 0 Å². The first-order chi connectivity index (χ1) is 11.1. The van der Waals surface area contributed by atoms with Crippen molar-refractivity contribution in [1.82, 2.24) is 5.01 Å². The minimum atomic E-state index is -0.335. The second kappa shape index (κ2) is 6.12. The van der Waals surface area contributed by atoms with Crippen molar-refractivity contribution in [1.29, 1.82) is 0 Å². The van der Waals surface area contributed by atoms with Gasteiger partial charge < -0.3 is 9.84 Å². The highest BCUT2D eigenvalue weighted by molar-refractivity contribution is 6.03. The van der Waals surface area contributed by atoms with E-state index in [0.29, 0.717) is 17.7 Å². The van der Waals surface area contributed by atoms with Crippen molar-refractivity contribution in [2.24, 2.45) is 5.10 Å². The number of amides is 1. The minimum Gasteiger partial charge on any atom is -0.504 e. The highest BCUT2D eigenvalue weighted by Crippen LogP contribution is 2.40. The Morgan fingerprint density at radius 2 is 1.96 bits per heavy atom. The molecule has 1 aliphatic heterocycles. The lowest BCUT2D eigenvalue weighted by molar-refractivity contribution is -0.130. The number of phenolic OH excluding ortho intramolecular Hbond substituents is 1. The van der Waals surface area contributed by atoms with Gasteiger partial charge in [-0.3, -0.25) is 4.79 Å². The molecule has 2 aromatic carbocycles. The van der Waals surface area contributed by atoms with Crippen molar-refractivity contribution in [3.05, 3.63) is 59.7 Å². The fourth-order valence-corrected chi connectivity index (χ4v) is 2.82. The molecule has 0 aliphatic carbocycles. The van der Waals surface area contributed by atoms with Crippen LogP contribution in [-0.2, 0) is 4.79 Å². The van der Waals surface area contributed by atoms with Gasteiger partial charge in [0.25, 0.3) is 0 Å². The molecule has 1 atom stereocenters. The average molecular weight is 310 g/mol. The number of hydrogen-bond acceptors (Lipinski definition) is 4. The summed E-state index contributed by atoms with van der Waals surface area (Å²) >= 11 is 0. The van der Waals surface area contributed by atoms with Gasteiger partial charge in [-0.1, -0.05) is 42.5 Å². The van der Waals surface area contributed by atoms with Crippen molar-refractivity contribution in [2.75, 3.05) is 7.11 Å².